The molecule has 0 spiro atoms. The molecule has 0 radical (unpaired) electrons. The van der Waals surface area contributed by atoms with Gasteiger partial charge in [0.05, 0.1) is 6.61 Å². The maximum Gasteiger partial charge on any atom is 0.417 e. The predicted octanol–water partition coefficient (Wildman–Crippen LogP) is 2.16. The minimum atomic E-state index is -3.88. The molecule has 0 saturated carbocycles. The molecule has 0 rings (SSSR count). The highest BCUT2D eigenvalue weighted by Gasteiger charge is 2.37. The van der Waals surface area contributed by atoms with Crippen LogP contribution in [0.3, 0.4) is 0 Å². The molecule has 0 aliphatic carbocycles. The van der Waals surface area contributed by atoms with Crippen molar-refractivity contribution < 1.29 is 18.3 Å². The van der Waals surface area contributed by atoms with Crippen LogP contribution in [0.25, 0.3) is 0 Å². The van der Waals surface area contributed by atoms with Crippen LogP contribution in [0.2, 0.25) is 0 Å². The molecule has 0 fully saturated rings. The molecular formula is C6H9ClF2O2. The Morgan fingerprint density at radius 2 is 2.18 bits per heavy atom. The zero-order chi connectivity index (χ0) is 8.91. The van der Waals surface area contributed by atoms with E-state index in [4.69, 9.17) is 0 Å². The van der Waals surface area contributed by atoms with Gasteiger partial charge in [-0.3, -0.25) is 0 Å². The normalized spacial score (nSPS) is 11.3. The molecule has 0 N–H and O–H groups in total. The monoisotopic (exact) mass is 186 g/mol. The number of carbonyl (C=O) groups excluding carboxylic acids is 1. The van der Waals surface area contributed by atoms with Crippen molar-refractivity contribution in [1.29, 1.82) is 0 Å². The average Bonchev–Trinajstić information content (AvgIpc) is 1.86. The number of unbranched alkanes of at least 4 members (excludes halogenated alkanes) is 1. The van der Waals surface area contributed by atoms with Crippen LogP contribution >= 0.6 is 11.6 Å². The lowest BCUT2D eigenvalue weighted by Crippen LogP contribution is -2.24. The molecule has 0 bridgehead atoms. The number of hydrogen-bond acceptors (Lipinski definition) is 2. The average molecular weight is 187 g/mol. The highest BCUT2D eigenvalue weighted by atomic mass is 35.5. The lowest BCUT2D eigenvalue weighted by atomic mass is 10.4. The van der Waals surface area contributed by atoms with Gasteiger partial charge < -0.3 is 4.74 Å². The van der Waals surface area contributed by atoms with Crippen LogP contribution < -0.4 is 0 Å². The number of ether oxygens (including phenoxy) is 1. The quantitative estimate of drug-likeness (QED) is 0.382. The fourth-order valence-electron chi connectivity index (χ4n) is 0.391. The third-order valence-electron chi connectivity index (χ3n) is 0.963. The van der Waals surface area contributed by atoms with Gasteiger partial charge in [-0.25, -0.2) is 4.79 Å². The van der Waals surface area contributed by atoms with Gasteiger partial charge in [0.15, 0.2) is 0 Å². The Morgan fingerprint density at radius 1 is 1.64 bits per heavy atom. The van der Waals surface area contributed by atoms with Gasteiger partial charge in [0.1, 0.15) is 0 Å². The predicted molar refractivity (Wildman–Crippen MR) is 36.7 cm³/mol. The van der Waals surface area contributed by atoms with Gasteiger partial charge in [0.2, 0.25) is 0 Å². The van der Waals surface area contributed by atoms with Crippen LogP contribution in [0.5, 0.6) is 0 Å². The summed E-state index contributed by atoms with van der Waals surface area (Å²) in [6.45, 7) is 1.85. The van der Waals surface area contributed by atoms with E-state index < -0.39 is 11.4 Å². The van der Waals surface area contributed by atoms with Gasteiger partial charge in [-0.1, -0.05) is 13.3 Å². The first-order valence-corrected chi connectivity index (χ1v) is 3.60. The van der Waals surface area contributed by atoms with Gasteiger partial charge in [-0.05, 0) is 18.0 Å². The van der Waals surface area contributed by atoms with Crippen molar-refractivity contribution in [2.24, 2.45) is 0 Å². The first-order chi connectivity index (χ1) is 4.98. The van der Waals surface area contributed by atoms with E-state index in [0.29, 0.717) is 6.42 Å². The molecule has 0 aliphatic heterocycles. The van der Waals surface area contributed by atoms with Gasteiger partial charge in [0.25, 0.3) is 0 Å². The highest BCUT2D eigenvalue weighted by molar-refractivity contribution is 6.31. The summed E-state index contributed by atoms with van der Waals surface area (Å²) in [5.41, 5.74) is 0. The van der Waals surface area contributed by atoms with Gasteiger partial charge >= 0.3 is 11.4 Å². The standard InChI is InChI=1S/C6H9ClF2O2/c1-2-3-4-11-5(10)6(7,8)9/h2-4H2,1H3. The molecule has 0 saturated heterocycles. The van der Waals surface area contributed by atoms with Crippen LogP contribution in [0.4, 0.5) is 8.78 Å². The molecule has 0 aromatic carbocycles. The van der Waals surface area contributed by atoms with E-state index in [9.17, 15) is 13.6 Å². The number of halogens is 3. The third kappa shape index (κ3) is 4.95. The second-order valence-electron chi connectivity index (χ2n) is 1.99. The second-order valence-corrected chi connectivity index (χ2v) is 2.46. The maximum absolute atomic E-state index is 11.8. The van der Waals surface area contributed by atoms with E-state index in [1.54, 1.807) is 0 Å². The van der Waals surface area contributed by atoms with E-state index in [0.717, 1.165) is 6.42 Å². The van der Waals surface area contributed by atoms with Crippen LogP contribution in [-0.4, -0.2) is 18.0 Å². The van der Waals surface area contributed by atoms with Crippen molar-refractivity contribution >= 4 is 17.6 Å². The SMILES string of the molecule is CCCCOC(=O)C(F)(F)Cl. The van der Waals surface area contributed by atoms with E-state index in [2.05, 4.69) is 16.3 Å². The first kappa shape index (κ1) is 10.6. The Labute approximate surface area is 68.5 Å². The van der Waals surface area contributed by atoms with E-state index >= 15 is 0 Å². The van der Waals surface area contributed by atoms with Crippen molar-refractivity contribution in [1.82, 2.24) is 0 Å². The molecule has 0 unspecified atom stereocenters. The van der Waals surface area contributed by atoms with Crippen LogP contribution in [-0.2, 0) is 9.53 Å². The Morgan fingerprint density at radius 3 is 2.55 bits per heavy atom. The molecular weight excluding hydrogens is 178 g/mol. The number of carbonyl (C=O) groups is 1. The highest BCUT2D eigenvalue weighted by Crippen LogP contribution is 2.20. The van der Waals surface area contributed by atoms with Crippen molar-refractivity contribution in [2.75, 3.05) is 6.61 Å². The van der Waals surface area contributed by atoms with Gasteiger partial charge in [0, 0.05) is 0 Å². The van der Waals surface area contributed by atoms with Gasteiger partial charge in [-0.15, -0.1) is 0 Å². The number of hydrogen-bond donors (Lipinski definition) is 0. The smallest absolute Gasteiger partial charge is 0.417 e. The molecule has 66 valence electrons. The van der Waals surface area contributed by atoms with Gasteiger partial charge in [-0.2, -0.15) is 8.78 Å². The summed E-state index contributed by atoms with van der Waals surface area (Å²) < 4.78 is 27.8. The van der Waals surface area contributed by atoms with Crippen molar-refractivity contribution in [2.45, 2.75) is 25.1 Å². The van der Waals surface area contributed by atoms with Crippen molar-refractivity contribution in [3.63, 3.8) is 0 Å². The minimum Gasteiger partial charge on any atom is -0.460 e. The summed E-state index contributed by atoms with van der Waals surface area (Å²) in [5, 5.41) is -3.88. The lowest BCUT2D eigenvalue weighted by Gasteiger charge is -2.06. The van der Waals surface area contributed by atoms with Crippen LogP contribution in [0.15, 0.2) is 0 Å². The Balaban J connectivity index is 3.54. The molecule has 0 heterocycles. The zero-order valence-corrected chi connectivity index (χ0v) is 6.83. The van der Waals surface area contributed by atoms with E-state index in [1.165, 1.54) is 0 Å². The summed E-state index contributed by atoms with van der Waals surface area (Å²) in [7, 11) is 0. The topological polar surface area (TPSA) is 26.3 Å². The van der Waals surface area contributed by atoms with Crippen LogP contribution in [0.1, 0.15) is 19.8 Å². The van der Waals surface area contributed by atoms with E-state index in [1.807, 2.05) is 6.92 Å². The Hall–Kier alpha value is -0.380. The number of esters is 1. The molecule has 0 atom stereocenters. The summed E-state index contributed by atoms with van der Waals surface area (Å²) in [5.74, 6) is -1.67. The second kappa shape index (κ2) is 4.49. The fourth-order valence-corrected chi connectivity index (χ4v) is 0.446. The van der Waals surface area contributed by atoms with Crippen molar-refractivity contribution in [3.05, 3.63) is 0 Å². The Bertz CT molecular complexity index is 133. The third-order valence-corrected chi connectivity index (χ3v) is 1.12. The summed E-state index contributed by atoms with van der Waals surface area (Å²) in [6.07, 6.45) is 1.35. The van der Waals surface area contributed by atoms with Crippen molar-refractivity contribution in [3.8, 4) is 0 Å². The largest absolute Gasteiger partial charge is 0.460 e. The zero-order valence-electron chi connectivity index (χ0n) is 6.07. The summed E-state index contributed by atoms with van der Waals surface area (Å²) in [6, 6.07) is 0. The Kier molecular flexibility index (Phi) is 4.33. The molecule has 0 amide bonds. The van der Waals surface area contributed by atoms with Crippen LogP contribution in [0, 0.1) is 0 Å². The molecule has 11 heavy (non-hydrogen) atoms. The summed E-state index contributed by atoms with van der Waals surface area (Å²) in [4.78, 5) is 10.2. The number of rotatable bonds is 4. The molecule has 2 nitrogen and oxygen atoms in total. The fraction of sp³-hybridized carbons (Fsp3) is 0.833. The minimum absolute atomic E-state index is 0.00234. The number of alkyl halides is 3. The first-order valence-electron chi connectivity index (χ1n) is 3.22. The molecule has 0 aromatic rings. The maximum atomic E-state index is 11.8. The molecule has 0 aliphatic rings. The lowest BCUT2D eigenvalue weighted by molar-refractivity contribution is -0.161. The summed E-state index contributed by atoms with van der Waals surface area (Å²) >= 11 is 4.35. The van der Waals surface area contributed by atoms with E-state index in [-0.39, 0.29) is 6.61 Å². The molecule has 5 heteroatoms. The molecule has 0 aromatic heterocycles.